The average molecular weight is 261 g/mol. The number of ketones is 1. The summed E-state index contributed by atoms with van der Waals surface area (Å²) in [5, 5.41) is 4.05. The van der Waals surface area contributed by atoms with Crippen LogP contribution in [0.1, 0.15) is 35.1 Å². The lowest BCUT2D eigenvalue weighted by molar-refractivity contribution is 0.0985. The quantitative estimate of drug-likeness (QED) is 0.777. The van der Waals surface area contributed by atoms with E-state index < -0.39 is 5.82 Å². The summed E-state index contributed by atoms with van der Waals surface area (Å²) in [5.41, 5.74) is 0.903. The summed E-state index contributed by atoms with van der Waals surface area (Å²) in [6.07, 6.45) is 2.40. The average Bonchev–Trinajstić information content (AvgIpc) is 2.77. The van der Waals surface area contributed by atoms with E-state index in [1.165, 1.54) is 18.5 Å². The van der Waals surface area contributed by atoms with Crippen LogP contribution in [0.5, 0.6) is 0 Å². The zero-order valence-electron chi connectivity index (χ0n) is 11.1. The molecule has 0 bridgehead atoms. The normalized spacial score (nSPS) is 10.7. The molecule has 0 spiro atoms. The molecule has 0 saturated carbocycles. The molecule has 2 aromatic rings. The Morgan fingerprint density at radius 1 is 1.42 bits per heavy atom. The second-order valence-corrected chi connectivity index (χ2v) is 4.48. The van der Waals surface area contributed by atoms with Crippen molar-refractivity contribution in [2.45, 2.75) is 33.2 Å². The molecule has 19 heavy (non-hydrogen) atoms. The SMILES string of the molecule is CCCn1ncnc1CC(=O)c1ccc(C)cc1F. The van der Waals surface area contributed by atoms with Gasteiger partial charge in [0.1, 0.15) is 18.0 Å². The van der Waals surface area contributed by atoms with Crippen LogP contribution in [0.2, 0.25) is 0 Å². The minimum absolute atomic E-state index is 0.0694. The van der Waals surface area contributed by atoms with Crippen LogP contribution in [0.4, 0.5) is 4.39 Å². The van der Waals surface area contributed by atoms with Gasteiger partial charge in [0.05, 0.1) is 12.0 Å². The van der Waals surface area contributed by atoms with Gasteiger partial charge in [-0.25, -0.2) is 14.1 Å². The summed E-state index contributed by atoms with van der Waals surface area (Å²) in [4.78, 5) is 16.1. The van der Waals surface area contributed by atoms with E-state index in [0.717, 1.165) is 12.0 Å². The molecule has 1 heterocycles. The zero-order chi connectivity index (χ0) is 13.8. The van der Waals surface area contributed by atoms with Crippen LogP contribution < -0.4 is 0 Å². The Bertz CT molecular complexity index is 592. The van der Waals surface area contributed by atoms with Crippen molar-refractivity contribution in [2.24, 2.45) is 0 Å². The molecule has 1 aromatic heterocycles. The third-order valence-electron chi connectivity index (χ3n) is 2.87. The molecule has 0 aliphatic carbocycles. The van der Waals surface area contributed by atoms with Crippen LogP contribution in [-0.4, -0.2) is 20.5 Å². The summed E-state index contributed by atoms with van der Waals surface area (Å²) in [7, 11) is 0. The first-order valence-corrected chi connectivity index (χ1v) is 6.28. The maximum Gasteiger partial charge on any atom is 0.173 e. The first kappa shape index (κ1) is 13.4. The Kier molecular flexibility index (Phi) is 4.04. The molecule has 0 atom stereocenters. The highest BCUT2D eigenvalue weighted by Gasteiger charge is 2.15. The van der Waals surface area contributed by atoms with E-state index in [0.29, 0.717) is 12.4 Å². The van der Waals surface area contributed by atoms with Crippen molar-refractivity contribution in [1.29, 1.82) is 0 Å². The lowest BCUT2D eigenvalue weighted by atomic mass is 10.1. The van der Waals surface area contributed by atoms with Gasteiger partial charge in [-0.05, 0) is 31.0 Å². The number of aryl methyl sites for hydroxylation is 2. The second kappa shape index (κ2) is 5.73. The molecule has 4 nitrogen and oxygen atoms in total. The number of hydrogen-bond acceptors (Lipinski definition) is 3. The monoisotopic (exact) mass is 261 g/mol. The van der Waals surface area contributed by atoms with Gasteiger partial charge >= 0.3 is 0 Å². The molecule has 0 radical (unpaired) electrons. The Labute approximate surface area is 111 Å². The maximum absolute atomic E-state index is 13.7. The predicted octanol–water partition coefficient (Wildman–Crippen LogP) is 2.56. The number of Topliss-reactive ketones (excluding diaryl/α,β-unsaturated/α-hetero) is 1. The van der Waals surface area contributed by atoms with Crippen molar-refractivity contribution in [3.8, 4) is 0 Å². The number of rotatable bonds is 5. The van der Waals surface area contributed by atoms with Crippen molar-refractivity contribution in [2.75, 3.05) is 0 Å². The van der Waals surface area contributed by atoms with Crippen molar-refractivity contribution < 1.29 is 9.18 Å². The van der Waals surface area contributed by atoms with E-state index >= 15 is 0 Å². The van der Waals surface area contributed by atoms with Gasteiger partial charge in [0.25, 0.3) is 0 Å². The van der Waals surface area contributed by atoms with Crippen LogP contribution >= 0.6 is 0 Å². The summed E-state index contributed by atoms with van der Waals surface area (Å²) in [5.74, 6) is -0.179. The molecule has 0 amide bonds. The van der Waals surface area contributed by atoms with Gasteiger partial charge in [-0.2, -0.15) is 5.10 Å². The van der Waals surface area contributed by atoms with Gasteiger partial charge in [0.15, 0.2) is 5.78 Å². The molecule has 0 aliphatic heterocycles. The van der Waals surface area contributed by atoms with Crippen LogP contribution in [0, 0.1) is 12.7 Å². The van der Waals surface area contributed by atoms with E-state index in [4.69, 9.17) is 0 Å². The lowest BCUT2D eigenvalue weighted by Crippen LogP contribution is -2.12. The van der Waals surface area contributed by atoms with Gasteiger partial charge in [-0.15, -0.1) is 0 Å². The Morgan fingerprint density at radius 3 is 2.89 bits per heavy atom. The minimum atomic E-state index is -0.480. The number of hydrogen-bond donors (Lipinski definition) is 0. The van der Waals surface area contributed by atoms with Crippen molar-refractivity contribution >= 4 is 5.78 Å². The highest BCUT2D eigenvalue weighted by molar-refractivity contribution is 5.97. The van der Waals surface area contributed by atoms with E-state index in [1.54, 1.807) is 17.7 Å². The predicted molar refractivity (Wildman–Crippen MR) is 69.5 cm³/mol. The molecular formula is C14H16FN3O. The number of carbonyl (C=O) groups excluding carboxylic acids is 1. The van der Waals surface area contributed by atoms with Crippen molar-refractivity contribution in [1.82, 2.24) is 14.8 Å². The maximum atomic E-state index is 13.7. The Hall–Kier alpha value is -2.04. The third-order valence-corrected chi connectivity index (χ3v) is 2.87. The highest BCUT2D eigenvalue weighted by Crippen LogP contribution is 2.12. The molecule has 1 aromatic carbocycles. The van der Waals surface area contributed by atoms with E-state index in [9.17, 15) is 9.18 Å². The first-order chi connectivity index (χ1) is 9.11. The molecule has 0 aliphatic rings. The van der Waals surface area contributed by atoms with Crippen molar-refractivity contribution in [3.63, 3.8) is 0 Å². The van der Waals surface area contributed by atoms with Crippen LogP contribution in [0.25, 0.3) is 0 Å². The topological polar surface area (TPSA) is 47.8 Å². The number of carbonyl (C=O) groups is 1. The van der Waals surface area contributed by atoms with E-state index in [-0.39, 0.29) is 17.8 Å². The molecule has 0 N–H and O–H groups in total. The fraction of sp³-hybridized carbons (Fsp3) is 0.357. The van der Waals surface area contributed by atoms with Gasteiger partial charge in [-0.1, -0.05) is 13.0 Å². The number of benzene rings is 1. The number of halogens is 1. The molecule has 0 saturated heterocycles. The minimum Gasteiger partial charge on any atom is -0.294 e. The summed E-state index contributed by atoms with van der Waals surface area (Å²) >= 11 is 0. The Morgan fingerprint density at radius 2 is 2.21 bits per heavy atom. The first-order valence-electron chi connectivity index (χ1n) is 6.28. The van der Waals surface area contributed by atoms with E-state index in [1.807, 2.05) is 6.92 Å². The fourth-order valence-electron chi connectivity index (χ4n) is 1.91. The second-order valence-electron chi connectivity index (χ2n) is 4.48. The van der Waals surface area contributed by atoms with Crippen molar-refractivity contribution in [3.05, 3.63) is 47.3 Å². The van der Waals surface area contributed by atoms with Gasteiger partial charge < -0.3 is 0 Å². The fourth-order valence-corrected chi connectivity index (χ4v) is 1.91. The largest absolute Gasteiger partial charge is 0.294 e. The zero-order valence-corrected chi connectivity index (χ0v) is 11.1. The lowest BCUT2D eigenvalue weighted by Gasteiger charge is -2.05. The van der Waals surface area contributed by atoms with Gasteiger partial charge in [-0.3, -0.25) is 4.79 Å². The standard InChI is InChI=1S/C14H16FN3O/c1-3-6-18-14(16-9-17-18)8-13(19)11-5-4-10(2)7-12(11)15/h4-5,7,9H,3,6,8H2,1-2H3. The molecule has 0 fully saturated rings. The van der Waals surface area contributed by atoms with Gasteiger partial charge in [0, 0.05) is 6.54 Å². The summed E-state index contributed by atoms with van der Waals surface area (Å²) in [6.45, 7) is 4.52. The van der Waals surface area contributed by atoms with Crippen LogP contribution in [0.15, 0.2) is 24.5 Å². The summed E-state index contributed by atoms with van der Waals surface area (Å²) in [6, 6.07) is 4.62. The Balaban J connectivity index is 2.18. The molecular weight excluding hydrogens is 245 g/mol. The number of nitrogens with zero attached hydrogens (tertiary/aromatic N) is 3. The smallest absolute Gasteiger partial charge is 0.173 e. The molecule has 0 unspecified atom stereocenters. The molecule has 2 rings (SSSR count). The highest BCUT2D eigenvalue weighted by atomic mass is 19.1. The van der Waals surface area contributed by atoms with Crippen LogP contribution in [0.3, 0.4) is 0 Å². The molecule has 5 heteroatoms. The third kappa shape index (κ3) is 3.05. The summed E-state index contributed by atoms with van der Waals surface area (Å²) < 4.78 is 15.4. The van der Waals surface area contributed by atoms with E-state index in [2.05, 4.69) is 10.1 Å². The number of aromatic nitrogens is 3. The van der Waals surface area contributed by atoms with Crippen LogP contribution in [-0.2, 0) is 13.0 Å². The van der Waals surface area contributed by atoms with Gasteiger partial charge in [0.2, 0.25) is 0 Å². The molecule has 100 valence electrons.